The van der Waals surface area contributed by atoms with Crippen LogP contribution < -0.4 is 15.8 Å². The summed E-state index contributed by atoms with van der Waals surface area (Å²) in [6.45, 7) is 5.39. The fourth-order valence-corrected chi connectivity index (χ4v) is 4.85. The molecule has 7 nitrogen and oxygen atoms in total. The van der Waals surface area contributed by atoms with Crippen LogP contribution in [-0.2, 0) is 0 Å². The van der Waals surface area contributed by atoms with Crippen LogP contribution in [-0.4, -0.2) is 40.0 Å². The van der Waals surface area contributed by atoms with Crippen molar-refractivity contribution in [3.63, 3.8) is 0 Å². The van der Waals surface area contributed by atoms with E-state index in [1.807, 2.05) is 13.0 Å². The van der Waals surface area contributed by atoms with Gasteiger partial charge in [-0.2, -0.15) is 0 Å². The van der Waals surface area contributed by atoms with E-state index in [2.05, 4.69) is 26.4 Å². The number of allylic oxidation sites excluding steroid dienone is 1. The number of rotatable bonds is 7. The number of likely N-dealkylation sites (tertiary alicyclic amines) is 1. The van der Waals surface area contributed by atoms with Gasteiger partial charge in [-0.25, -0.2) is 18.7 Å². The SMILES string of the molecule is CC=CN1CCC(Oc2c(N)ncnc2-c2cc(F)cc(NC(=O)c3ccc(C4CC4)cc3F)c2C)CC1. The molecule has 1 aliphatic carbocycles. The van der Waals surface area contributed by atoms with E-state index in [9.17, 15) is 13.6 Å². The van der Waals surface area contributed by atoms with Gasteiger partial charge in [-0.1, -0.05) is 12.1 Å². The van der Waals surface area contributed by atoms with Crippen LogP contribution >= 0.6 is 0 Å². The van der Waals surface area contributed by atoms with E-state index in [1.54, 1.807) is 13.0 Å². The number of nitrogen functional groups attached to an aromatic ring is 1. The molecule has 1 saturated carbocycles. The van der Waals surface area contributed by atoms with Crippen LogP contribution in [0.5, 0.6) is 5.75 Å². The molecule has 3 N–H and O–H groups in total. The number of piperidine rings is 1. The first-order chi connectivity index (χ1) is 18.3. The Morgan fingerprint density at radius 3 is 2.58 bits per heavy atom. The van der Waals surface area contributed by atoms with Crippen LogP contribution in [0.25, 0.3) is 11.3 Å². The molecular formula is C29H31F2N5O2. The molecule has 2 heterocycles. The number of hydrogen-bond donors (Lipinski definition) is 2. The van der Waals surface area contributed by atoms with E-state index in [0.717, 1.165) is 44.3 Å². The molecule has 9 heteroatoms. The van der Waals surface area contributed by atoms with Gasteiger partial charge in [0.15, 0.2) is 11.6 Å². The van der Waals surface area contributed by atoms with Crippen LogP contribution in [0.2, 0.25) is 0 Å². The lowest BCUT2D eigenvalue weighted by molar-refractivity contribution is 0.102. The number of halogens is 2. The van der Waals surface area contributed by atoms with Crippen LogP contribution in [0.15, 0.2) is 48.9 Å². The summed E-state index contributed by atoms with van der Waals surface area (Å²) in [6.07, 6.45) is 8.89. The maximum absolute atomic E-state index is 14.8. The van der Waals surface area contributed by atoms with Crippen LogP contribution in [0.3, 0.4) is 0 Å². The Balaban J connectivity index is 1.41. The minimum atomic E-state index is -0.656. The highest BCUT2D eigenvalue weighted by Crippen LogP contribution is 2.41. The van der Waals surface area contributed by atoms with Gasteiger partial charge >= 0.3 is 0 Å². The topological polar surface area (TPSA) is 93.4 Å². The number of nitrogens with zero attached hydrogens (tertiary/aromatic N) is 3. The predicted octanol–water partition coefficient (Wildman–Crippen LogP) is 5.82. The Morgan fingerprint density at radius 2 is 1.89 bits per heavy atom. The monoisotopic (exact) mass is 519 g/mol. The summed E-state index contributed by atoms with van der Waals surface area (Å²) in [4.78, 5) is 23.6. The van der Waals surface area contributed by atoms with Gasteiger partial charge in [0.05, 0.1) is 5.56 Å². The predicted molar refractivity (Wildman–Crippen MR) is 143 cm³/mol. The number of nitrogens with one attached hydrogen (secondary N) is 1. The van der Waals surface area contributed by atoms with Crippen LogP contribution in [0.1, 0.15) is 60.0 Å². The number of hydrogen-bond acceptors (Lipinski definition) is 6. The van der Waals surface area contributed by atoms with Crippen LogP contribution in [0.4, 0.5) is 20.3 Å². The number of nitrogens with two attached hydrogens (primary N) is 1. The van der Waals surface area contributed by atoms with E-state index in [1.165, 1.54) is 30.6 Å². The van der Waals surface area contributed by atoms with Gasteiger partial charge in [0.2, 0.25) is 0 Å². The van der Waals surface area contributed by atoms with Gasteiger partial charge in [-0.05, 0) is 74.2 Å². The van der Waals surface area contributed by atoms with E-state index in [4.69, 9.17) is 10.5 Å². The third-order valence-corrected chi connectivity index (χ3v) is 7.11. The van der Waals surface area contributed by atoms with Crippen molar-refractivity contribution in [2.75, 3.05) is 24.1 Å². The highest BCUT2D eigenvalue weighted by molar-refractivity contribution is 6.05. The summed E-state index contributed by atoms with van der Waals surface area (Å²) in [5, 5.41) is 2.67. The number of benzene rings is 2. The van der Waals surface area contributed by atoms with Crippen molar-refractivity contribution in [2.24, 2.45) is 0 Å². The summed E-state index contributed by atoms with van der Waals surface area (Å²) in [6, 6.07) is 7.18. The lowest BCUT2D eigenvalue weighted by atomic mass is 10.0. The zero-order valence-electron chi connectivity index (χ0n) is 21.5. The number of carbonyl (C=O) groups excluding carboxylic acids is 1. The van der Waals surface area contributed by atoms with Gasteiger partial charge in [-0.15, -0.1) is 0 Å². The molecule has 1 amide bonds. The molecule has 198 valence electrons. The van der Waals surface area contributed by atoms with Crippen molar-refractivity contribution < 1.29 is 18.3 Å². The molecule has 0 unspecified atom stereocenters. The highest BCUT2D eigenvalue weighted by atomic mass is 19.1. The molecule has 2 aromatic carbocycles. The first-order valence-corrected chi connectivity index (χ1v) is 12.9. The first kappa shape index (κ1) is 25.6. The highest BCUT2D eigenvalue weighted by Gasteiger charge is 2.26. The Kier molecular flexibility index (Phi) is 7.26. The van der Waals surface area contributed by atoms with E-state index in [-0.39, 0.29) is 28.9 Å². The maximum atomic E-state index is 14.8. The fourth-order valence-electron chi connectivity index (χ4n) is 4.85. The number of amides is 1. The lowest BCUT2D eigenvalue weighted by Crippen LogP contribution is -2.35. The average Bonchev–Trinajstić information content (AvgIpc) is 3.74. The molecule has 1 aliphatic heterocycles. The molecule has 2 aliphatic rings. The minimum Gasteiger partial charge on any atom is -0.484 e. The van der Waals surface area contributed by atoms with E-state index >= 15 is 0 Å². The quantitative estimate of drug-likeness (QED) is 0.409. The molecule has 5 rings (SSSR count). The molecule has 0 atom stereocenters. The zero-order chi connectivity index (χ0) is 26.8. The van der Waals surface area contributed by atoms with Gasteiger partial charge in [0.25, 0.3) is 5.91 Å². The number of anilines is 2. The zero-order valence-corrected chi connectivity index (χ0v) is 21.5. The fraction of sp³-hybridized carbons (Fsp3) is 0.345. The van der Waals surface area contributed by atoms with E-state index < -0.39 is 17.5 Å². The normalized spacial score (nSPS) is 16.2. The first-order valence-electron chi connectivity index (χ1n) is 12.9. The second kappa shape index (κ2) is 10.8. The van der Waals surface area contributed by atoms with Crippen molar-refractivity contribution in [3.05, 3.63) is 77.3 Å². The van der Waals surface area contributed by atoms with Gasteiger partial charge < -0.3 is 20.7 Å². The Hall–Kier alpha value is -4.01. The smallest absolute Gasteiger partial charge is 0.258 e. The third kappa shape index (κ3) is 5.46. The van der Waals surface area contributed by atoms with Crippen LogP contribution in [0, 0.1) is 18.6 Å². The second-order valence-corrected chi connectivity index (χ2v) is 9.87. The second-order valence-electron chi connectivity index (χ2n) is 9.87. The van der Waals surface area contributed by atoms with E-state index in [0.29, 0.717) is 22.7 Å². The minimum absolute atomic E-state index is 0.0980. The lowest BCUT2D eigenvalue weighted by Gasteiger charge is -2.31. The molecule has 1 saturated heterocycles. The van der Waals surface area contributed by atoms with Crippen molar-refractivity contribution in [1.82, 2.24) is 14.9 Å². The summed E-state index contributed by atoms with van der Waals surface area (Å²) >= 11 is 0. The van der Waals surface area contributed by atoms with Crippen molar-refractivity contribution in [2.45, 2.75) is 51.6 Å². The van der Waals surface area contributed by atoms with Crippen molar-refractivity contribution >= 4 is 17.4 Å². The van der Waals surface area contributed by atoms with Crippen molar-refractivity contribution in [3.8, 4) is 17.0 Å². The number of ether oxygens (including phenoxy) is 1. The molecule has 1 aromatic heterocycles. The summed E-state index contributed by atoms with van der Waals surface area (Å²) < 4.78 is 35.8. The van der Waals surface area contributed by atoms with Gasteiger partial charge in [-0.3, -0.25) is 4.79 Å². The Labute approximate surface area is 220 Å². The molecule has 2 fully saturated rings. The van der Waals surface area contributed by atoms with Gasteiger partial charge in [0.1, 0.15) is 29.8 Å². The maximum Gasteiger partial charge on any atom is 0.258 e. The summed E-state index contributed by atoms with van der Waals surface area (Å²) in [5.74, 6) is -1.04. The molecule has 38 heavy (non-hydrogen) atoms. The molecular weight excluding hydrogens is 488 g/mol. The van der Waals surface area contributed by atoms with Crippen molar-refractivity contribution in [1.29, 1.82) is 0 Å². The molecule has 0 bridgehead atoms. The standard InChI is InChI=1S/C29H31F2N5O2/c1-3-10-36-11-8-21(9-12-36)38-27-26(33-16-34-28(27)32)23-14-20(30)15-25(17(23)2)35-29(37)22-7-6-19(13-24(22)31)18-4-5-18/h3,6-7,10,13-16,18,21H,4-5,8-9,11-12H2,1-2H3,(H,35,37)(H2,32,33,34). The molecule has 0 radical (unpaired) electrons. The average molecular weight is 520 g/mol. The molecule has 0 spiro atoms. The summed E-state index contributed by atoms with van der Waals surface area (Å²) in [5.41, 5.74) is 8.47. The third-order valence-electron chi connectivity index (χ3n) is 7.11. The summed E-state index contributed by atoms with van der Waals surface area (Å²) in [7, 11) is 0. The molecule has 3 aromatic rings. The number of carbonyl (C=O) groups is 1. The number of aromatic nitrogens is 2. The van der Waals surface area contributed by atoms with Gasteiger partial charge in [0, 0.05) is 37.2 Å². The Bertz CT molecular complexity index is 1380. The Morgan fingerprint density at radius 1 is 1.13 bits per heavy atom. The largest absolute Gasteiger partial charge is 0.484 e.